The molecule has 1 unspecified atom stereocenters. The van der Waals surface area contributed by atoms with Crippen molar-refractivity contribution in [2.45, 2.75) is 58.1 Å². The van der Waals surface area contributed by atoms with Gasteiger partial charge in [0, 0.05) is 18.2 Å². The summed E-state index contributed by atoms with van der Waals surface area (Å²) in [4.78, 5) is 14.4. The third-order valence-electron chi connectivity index (χ3n) is 5.90. The average Bonchev–Trinajstić information content (AvgIpc) is 3.29. The first kappa shape index (κ1) is 20.8. The fraction of sp³-hybridized carbons (Fsp3) is 0.458. The van der Waals surface area contributed by atoms with E-state index in [4.69, 9.17) is 4.74 Å². The number of rotatable bonds is 3. The summed E-state index contributed by atoms with van der Waals surface area (Å²) in [6.45, 7) is 6.00. The maximum atomic E-state index is 15.3. The van der Waals surface area contributed by atoms with E-state index in [0.717, 1.165) is 25.3 Å². The second-order valence-electron chi connectivity index (χ2n) is 9.61. The first-order chi connectivity index (χ1) is 14.1. The Bertz CT molecular complexity index is 979. The number of nitrogens with zero attached hydrogens (tertiary/aromatic N) is 1. The van der Waals surface area contributed by atoms with E-state index in [1.807, 2.05) is 0 Å². The van der Waals surface area contributed by atoms with Gasteiger partial charge in [0.05, 0.1) is 0 Å². The third kappa shape index (κ3) is 4.32. The summed E-state index contributed by atoms with van der Waals surface area (Å²) < 4.78 is 48.8. The van der Waals surface area contributed by atoms with Crippen molar-refractivity contribution in [2.24, 2.45) is 5.41 Å². The Morgan fingerprint density at radius 1 is 1.13 bits per heavy atom. The van der Waals surface area contributed by atoms with Gasteiger partial charge in [-0.3, -0.25) is 0 Å². The molecule has 1 amide bonds. The number of carbonyl (C=O) groups is 1. The molecular formula is C24H26F3NO2. The Kier molecular flexibility index (Phi) is 5.07. The number of ether oxygens (including phenoxy) is 1. The van der Waals surface area contributed by atoms with Crippen LogP contribution < -0.4 is 0 Å². The van der Waals surface area contributed by atoms with Crippen molar-refractivity contribution in [3.8, 4) is 11.1 Å². The van der Waals surface area contributed by atoms with Crippen molar-refractivity contribution < 1.29 is 22.7 Å². The summed E-state index contributed by atoms with van der Waals surface area (Å²) in [6, 6.07) is 7.44. The number of amides is 1. The van der Waals surface area contributed by atoms with Crippen LogP contribution in [-0.2, 0) is 11.2 Å². The van der Waals surface area contributed by atoms with Gasteiger partial charge in [-0.2, -0.15) is 0 Å². The highest BCUT2D eigenvalue weighted by Gasteiger charge is 2.53. The molecule has 2 aliphatic rings. The van der Waals surface area contributed by atoms with Crippen LogP contribution in [0, 0.1) is 22.9 Å². The Balaban J connectivity index is 1.63. The van der Waals surface area contributed by atoms with E-state index in [1.54, 1.807) is 31.7 Å². The molecular weight excluding hydrogens is 391 g/mol. The minimum absolute atomic E-state index is 0.0208. The second-order valence-corrected chi connectivity index (χ2v) is 9.61. The predicted octanol–water partition coefficient (Wildman–Crippen LogP) is 6.10. The Morgan fingerprint density at radius 3 is 2.50 bits per heavy atom. The molecule has 0 aromatic heterocycles. The average molecular weight is 417 g/mol. The van der Waals surface area contributed by atoms with Gasteiger partial charge in [-0.25, -0.2) is 18.0 Å². The largest absolute Gasteiger partial charge is 0.444 e. The highest BCUT2D eigenvalue weighted by atomic mass is 19.1. The minimum atomic E-state index is -0.629. The smallest absolute Gasteiger partial charge is 0.410 e. The van der Waals surface area contributed by atoms with Gasteiger partial charge in [-0.15, -0.1) is 0 Å². The maximum absolute atomic E-state index is 15.3. The van der Waals surface area contributed by atoms with Gasteiger partial charge in [-0.05, 0) is 87.3 Å². The lowest BCUT2D eigenvalue weighted by Gasteiger charge is -2.29. The van der Waals surface area contributed by atoms with Crippen molar-refractivity contribution >= 4 is 6.09 Å². The van der Waals surface area contributed by atoms with Crippen molar-refractivity contribution in [1.29, 1.82) is 0 Å². The van der Waals surface area contributed by atoms with Gasteiger partial charge < -0.3 is 9.64 Å². The van der Waals surface area contributed by atoms with Gasteiger partial charge in [-0.1, -0.05) is 12.1 Å². The van der Waals surface area contributed by atoms with E-state index < -0.39 is 29.1 Å². The number of carbonyl (C=O) groups excluding carboxylic acids is 1. The molecule has 30 heavy (non-hydrogen) atoms. The predicted molar refractivity (Wildman–Crippen MR) is 108 cm³/mol. The van der Waals surface area contributed by atoms with Gasteiger partial charge >= 0.3 is 6.09 Å². The quantitative estimate of drug-likeness (QED) is 0.604. The molecule has 4 rings (SSSR count). The zero-order valence-electron chi connectivity index (χ0n) is 17.5. The SMILES string of the molecule is CC(C)(C)OC(=O)N1CC2(CC2)CC1Cc1cc(F)cc(-c2cccc(F)c2)c1F. The second kappa shape index (κ2) is 7.33. The molecule has 1 spiro atoms. The van der Waals surface area contributed by atoms with E-state index in [2.05, 4.69) is 0 Å². The van der Waals surface area contributed by atoms with Crippen molar-refractivity contribution in [1.82, 2.24) is 4.90 Å². The van der Waals surface area contributed by atoms with Crippen molar-refractivity contribution in [2.75, 3.05) is 6.54 Å². The molecule has 1 saturated heterocycles. The summed E-state index contributed by atoms with van der Waals surface area (Å²) in [5, 5.41) is 0. The van der Waals surface area contributed by atoms with Crippen LogP contribution in [0.5, 0.6) is 0 Å². The molecule has 1 heterocycles. The van der Waals surface area contributed by atoms with E-state index in [0.29, 0.717) is 6.54 Å². The standard InChI is InChI=1S/C24H26F3NO2/c1-23(2,3)30-22(29)28-14-24(7-8-24)13-19(28)11-16-10-18(26)12-20(21(16)27)15-5-4-6-17(25)9-15/h4-6,9-10,12,19H,7-8,11,13-14H2,1-3H3. The number of likely N-dealkylation sites (tertiary alicyclic amines) is 1. The first-order valence-corrected chi connectivity index (χ1v) is 10.3. The number of halogens is 3. The lowest BCUT2D eigenvalue weighted by atomic mass is 9.95. The van der Waals surface area contributed by atoms with Crippen LogP contribution in [-0.4, -0.2) is 29.2 Å². The van der Waals surface area contributed by atoms with E-state index in [9.17, 15) is 13.6 Å². The van der Waals surface area contributed by atoms with Crippen LogP contribution in [0.4, 0.5) is 18.0 Å². The zero-order chi connectivity index (χ0) is 21.7. The Hall–Kier alpha value is -2.50. The maximum Gasteiger partial charge on any atom is 0.410 e. The molecule has 6 heteroatoms. The van der Waals surface area contributed by atoms with Crippen molar-refractivity contribution in [3.63, 3.8) is 0 Å². The van der Waals surface area contributed by atoms with Crippen LogP contribution >= 0.6 is 0 Å². The minimum Gasteiger partial charge on any atom is -0.444 e. The molecule has 3 nitrogen and oxygen atoms in total. The molecule has 1 saturated carbocycles. The molecule has 2 fully saturated rings. The normalized spacial score (nSPS) is 19.9. The van der Waals surface area contributed by atoms with E-state index in [-0.39, 0.29) is 34.6 Å². The lowest BCUT2D eigenvalue weighted by molar-refractivity contribution is 0.0219. The fourth-order valence-corrected chi connectivity index (χ4v) is 4.33. The van der Waals surface area contributed by atoms with Crippen LogP contribution in [0.1, 0.15) is 45.6 Å². The highest BCUT2D eigenvalue weighted by molar-refractivity contribution is 5.70. The van der Waals surface area contributed by atoms with E-state index in [1.165, 1.54) is 24.3 Å². The number of hydrogen-bond donors (Lipinski definition) is 0. The fourth-order valence-electron chi connectivity index (χ4n) is 4.33. The van der Waals surface area contributed by atoms with Crippen LogP contribution in [0.25, 0.3) is 11.1 Å². The lowest BCUT2D eigenvalue weighted by Crippen LogP contribution is -2.41. The summed E-state index contributed by atoms with van der Waals surface area (Å²) in [5.74, 6) is -1.68. The van der Waals surface area contributed by atoms with Gasteiger partial charge in [0.1, 0.15) is 23.1 Å². The van der Waals surface area contributed by atoms with Gasteiger partial charge in [0.15, 0.2) is 0 Å². The summed E-state index contributed by atoms with van der Waals surface area (Å²) >= 11 is 0. The molecule has 2 aromatic rings. The molecule has 0 radical (unpaired) electrons. The molecule has 0 bridgehead atoms. The van der Waals surface area contributed by atoms with Crippen LogP contribution in [0.3, 0.4) is 0 Å². The Labute approximate surface area is 174 Å². The molecule has 0 N–H and O–H groups in total. The molecule has 1 aliphatic heterocycles. The molecule has 160 valence electrons. The zero-order valence-corrected chi connectivity index (χ0v) is 17.5. The Morgan fingerprint density at radius 2 is 1.87 bits per heavy atom. The molecule has 1 atom stereocenters. The highest BCUT2D eigenvalue weighted by Crippen LogP contribution is 2.55. The summed E-state index contributed by atoms with van der Waals surface area (Å²) in [7, 11) is 0. The number of hydrogen-bond acceptors (Lipinski definition) is 2. The van der Waals surface area contributed by atoms with Gasteiger partial charge in [0.25, 0.3) is 0 Å². The number of benzene rings is 2. The van der Waals surface area contributed by atoms with Crippen molar-refractivity contribution in [3.05, 3.63) is 59.4 Å². The molecule has 2 aromatic carbocycles. The van der Waals surface area contributed by atoms with E-state index >= 15 is 4.39 Å². The van der Waals surface area contributed by atoms with Crippen LogP contribution in [0.2, 0.25) is 0 Å². The topological polar surface area (TPSA) is 29.5 Å². The van der Waals surface area contributed by atoms with Gasteiger partial charge in [0.2, 0.25) is 0 Å². The monoisotopic (exact) mass is 417 g/mol. The van der Waals surface area contributed by atoms with Crippen LogP contribution in [0.15, 0.2) is 36.4 Å². The third-order valence-corrected chi connectivity index (χ3v) is 5.90. The first-order valence-electron chi connectivity index (χ1n) is 10.3. The summed E-state index contributed by atoms with van der Waals surface area (Å²) in [5.41, 5.74) is -0.0629. The summed E-state index contributed by atoms with van der Waals surface area (Å²) in [6.07, 6.45) is 2.58. The molecule has 1 aliphatic carbocycles.